The lowest BCUT2D eigenvalue weighted by Gasteiger charge is -2.30. The van der Waals surface area contributed by atoms with Crippen LogP contribution in [0.3, 0.4) is 0 Å². The number of nitrogens with zero attached hydrogens (tertiary/aromatic N) is 3. The molecular formula is C14H17ClN4O2. The first kappa shape index (κ1) is 14.2. The second kappa shape index (κ2) is 5.54. The molecule has 3 rings (SSSR count). The van der Waals surface area contributed by atoms with Gasteiger partial charge in [-0.15, -0.1) is 0 Å². The van der Waals surface area contributed by atoms with E-state index in [0.717, 1.165) is 5.52 Å². The van der Waals surface area contributed by atoms with Crippen molar-refractivity contribution in [1.29, 1.82) is 0 Å². The van der Waals surface area contributed by atoms with E-state index in [-0.39, 0.29) is 5.91 Å². The lowest BCUT2D eigenvalue weighted by atomic mass is 10.2. The van der Waals surface area contributed by atoms with Crippen molar-refractivity contribution in [1.82, 2.24) is 14.5 Å². The number of carbonyl (C=O) groups excluding carboxylic acids is 1. The van der Waals surface area contributed by atoms with Crippen LogP contribution in [0.25, 0.3) is 11.0 Å². The van der Waals surface area contributed by atoms with E-state index in [1.807, 2.05) is 19.1 Å². The molecule has 1 atom stereocenters. The fraction of sp³-hybridized carbons (Fsp3) is 0.429. The second-order valence-corrected chi connectivity index (χ2v) is 5.47. The second-order valence-electron chi connectivity index (χ2n) is 5.06. The fourth-order valence-electron chi connectivity index (χ4n) is 2.67. The number of hydrogen-bond acceptors (Lipinski definition) is 4. The van der Waals surface area contributed by atoms with Crippen molar-refractivity contribution in [3.05, 3.63) is 23.2 Å². The van der Waals surface area contributed by atoms with Crippen molar-refractivity contribution in [3.8, 4) is 0 Å². The Kier molecular flexibility index (Phi) is 3.73. The van der Waals surface area contributed by atoms with Crippen LogP contribution in [0.2, 0.25) is 5.02 Å². The summed E-state index contributed by atoms with van der Waals surface area (Å²) in [5, 5.41) is 0.531. The van der Waals surface area contributed by atoms with Crippen LogP contribution in [0.4, 0.5) is 5.95 Å². The molecule has 1 amide bonds. The Bertz CT molecular complexity index is 679. The van der Waals surface area contributed by atoms with E-state index < -0.39 is 6.04 Å². The standard InChI is InChI=1S/C14H17ClN4O2/c1-9(13(20)18-5-7-21-8-6-18)19-11-4-2-3-10(15)12(11)17-14(19)16/h2-4,9H,5-8H2,1H3,(H2,16,17). The number of para-hydroxylation sites is 1. The van der Waals surface area contributed by atoms with Crippen molar-refractivity contribution < 1.29 is 9.53 Å². The number of carbonyl (C=O) groups is 1. The van der Waals surface area contributed by atoms with Gasteiger partial charge in [-0.1, -0.05) is 17.7 Å². The molecule has 2 aromatic rings. The average molecular weight is 309 g/mol. The van der Waals surface area contributed by atoms with Gasteiger partial charge in [-0.05, 0) is 19.1 Å². The molecule has 1 unspecified atom stereocenters. The Morgan fingerprint density at radius 2 is 2.14 bits per heavy atom. The van der Waals surface area contributed by atoms with Gasteiger partial charge in [0.05, 0.1) is 23.8 Å². The van der Waals surface area contributed by atoms with Gasteiger partial charge < -0.3 is 15.4 Å². The first-order chi connectivity index (χ1) is 10.1. The first-order valence-electron chi connectivity index (χ1n) is 6.88. The van der Waals surface area contributed by atoms with Crippen molar-refractivity contribution >= 4 is 34.5 Å². The largest absolute Gasteiger partial charge is 0.378 e. The zero-order chi connectivity index (χ0) is 15.0. The number of anilines is 1. The number of morpholine rings is 1. The molecule has 1 aliphatic rings. The Balaban J connectivity index is 1.97. The van der Waals surface area contributed by atoms with Crippen LogP contribution < -0.4 is 5.73 Å². The molecule has 21 heavy (non-hydrogen) atoms. The third kappa shape index (κ3) is 2.45. The maximum absolute atomic E-state index is 12.6. The number of imidazole rings is 1. The number of hydrogen-bond donors (Lipinski definition) is 1. The SMILES string of the molecule is CC(C(=O)N1CCOCC1)n1c(N)nc2c(Cl)cccc21. The van der Waals surface area contributed by atoms with Crippen molar-refractivity contribution in [2.75, 3.05) is 32.0 Å². The summed E-state index contributed by atoms with van der Waals surface area (Å²) >= 11 is 6.13. The third-order valence-corrected chi connectivity index (χ3v) is 4.07. The number of nitrogen functional groups attached to an aromatic ring is 1. The highest BCUT2D eigenvalue weighted by Gasteiger charge is 2.26. The monoisotopic (exact) mass is 308 g/mol. The van der Waals surface area contributed by atoms with Crippen molar-refractivity contribution in [3.63, 3.8) is 0 Å². The number of aromatic nitrogens is 2. The molecule has 0 saturated carbocycles. The predicted octanol–water partition coefficient (Wildman–Crippen LogP) is 1.69. The smallest absolute Gasteiger partial charge is 0.245 e. The number of ether oxygens (including phenoxy) is 1. The molecular weight excluding hydrogens is 292 g/mol. The number of rotatable bonds is 2. The van der Waals surface area contributed by atoms with Crippen molar-refractivity contribution in [2.24, 2.45) is 0 Å². The zero-order valence-electron chi connectivity index (χ0n) is 11.8. The molecule has 0 radical (unpaired) electrons. The summed E-state index contributed by atoms with van der Waals surface area (Å²) in [7, 11) is 0. The van der Waals surface area contributed by atoms with Crippen LogP contribution in [-0.2, 0) is 9.53 Å². The molecule has 1 aromatic carbocycles. The molecule has 112 valence electrons. The number of fused-ring (bicyclic) bond motifs is 1. The average Bonchev–Trinajstić information content (AvgIpc) is 2.84. The summed E-state index contributed by atoms with van der Waals surface area (Å²) in [6, 6.07) is 5.03. The van der Waals surface area contributed by atoms with Crippen LogP contribution in [-0.4, -0.2) is 46.7 Å². The van der Waals surface area contributed by atoms with Crippen LogP contribution in [0, 0.1) is 0 Å². The number of benzene rings is 1. The van der Waals surface area contributed by atoms with E-state index in [0.29, 0.717) is 42.8 Å². The zero-order valence-corrected chi connectivity index (χ0v) is 12.5. The summed E-state index contributed by atoms with van der Waals surface area (Å²) in [4.78, 5) is 18.7. The minimum Gasteiger partial charge on any atom is -0.378 e. The van der Waals surface area contributed by atoms with Gasteiger partial charge in [-0.25, -0.2) is 4.98 Å². The van der Waals surface area contributed by atoms with E-state index in [2.05, 4.69) is 4.98 Å². The summed E-state index contributed by atoms with van der Waals surface area (Å²) < 4.78 is 7.01. The van der Waals surface area contributed by atoms with Gasteiger partial charge >= 0.3 is 0 Å². The Morgan fingerprint density at radius 3 is 2.86 bits per heavy atom. The topological polar surface area (TPSA) is 73.4 Å². The van der Waals surface area contributed by atoms with Gasteiger partial charge in [-0.3, -0.25) is 9.36 Å². The Labute approximate surface area is 127 Å². The molecule has 0 spiro atoms. The molecule has 1 aliphatic heterocycles. The first-order valence-corrected chi connectivity index (χ1v) is 7.26. The Morgan fingerprint density at radius 1 is 1.43 bits per heavy atom. The van der Waals surface area contributed by atoms with Gasteiger partial charge in [0.25, 0.3) is 0 Å². The molecule has 6 nitrogen and oxygen atoms in total. The van der Waals surface area contributed by atoms with Crippen LogP contribution in [0.1, 0.15) is 13.0 Å². The van der Waals surface area contributed by atoms with Crippen LogP contribution in [0.15, 0.2) is 18.2 Å². The quantitative estimate of drug-likeness (QED) is 0.916. The summed E-state index contributed by atoms with van der Waals surface area (Å²) in [6.45, 7) is 4.19. The summed E-state index contributed by atoms with van der Waals surface area (Å²) in [5.74, 6) is 0.316. The maximum Gasteiger partial charge on any atom is 0.245 e. The fourth-order valence-corrected chi connectivity index (χ4v) is 2.88. The lowest BCUT2D eigenvalue weighted by molar-refractivity contribution is -0.138. The molecule has 1 fully saturated rings. The van der Waals surface area contributed by atoms with Crippen LogP contribution >= 0.6 is 11.6 Å². The number of halogens is 1. The van der Waals surface area contributed by atoms with Gasteiger partial charge in [0.15, 0.2) is 0 Å². The minimum absolute atomic E-state index is 0.0178. The molecule has 1 aromatic heterocycles. The summed E-state index contributed by atoms with van der Waals surface area (Å²) in [5.41, 5.74) is 7.38. The van der Waals surface area contributed by atoms with Gasteiger partial charge in [0.2, 0.25) is 11.9 Å². The van der Waals surface area contributed by atoms with E-state index in [1.165, 1.54) is 0 Å². The normalized spacial score (nSPS) is 17.1. The van der Waals surface area contributed by atoms with E-state index >= 15 is 0 Å². The maximum atomic E-state index is 12.6. The van der Waals surface area contributed by atoms with E-state index in [4.69, 9.17) is 22.1 Å². The molecule has 2 heterocycles. The van der Waals surface area contributed by atoms with Gasteiger partial charge in [0.1, 0.15) is 11.6 Å². The number of amides is 1. The molecule has 7 heteroatoms. The lowest BCUT2D eigenvalue weighted by Crippen LogP contribution is -2.43. The highest BCUT2D eigenvalue weighted by molar-refractivity contribution is 6.35. The summed E-state index contributed by atoms with van der Waals surface area (Å²) in [6.07, 6.45) is 0. The van der Waals surface area contributed by atoms with E-state index in [9.17, 15) is 4.79 Å². The van der Waals surface area contributed by atoms with Gasteiger partial charge in [-0.2, -0.15) is 0 Å². The van der Waals surface area contributed by atoms with Crippen molar-refractivity contribution in [2.45, 2.75) is 13.0 Å². The third-order valence-electron chi connectivity index (χ3n) is 3.77. The Hall–Kier alpha value is -1.79. The molecule has 2 N–H and O–H groups in total. The highest BCUT2D eigenvalue weighted by Crippen LogP contribution is 2.28. The van der Waals surface area contributed by atoms with E-state index in [1.54, 1.807) is 15.5 Å². The minimum atomic E-state index is -0.424. The molecule has 0 aliphatic carbocycles. The number of nitrogens with two attached hydrogens (primary N) is 1. The van der Waals surface area contributed by atoms with Gasteiger partial charge in [0, 0.05) is 13.1 Å². The predicted molar refractivity (Wildman–Crippen MR) is 81.3 cm³/mol. The molecule has 1 saturated heterocycles. The highest BCUT2D eigenvalue weighted by atomic mass is 35.5. The molecule has 0 bridgehead atoms. The van der Waals surface area contributed by atoms with Crippen LogP contribution in [0.5, 0.6) is 0 Å².